The van der Waals surface area contributed by atoms with Crippen molar-refractivity contribution in [2.45, 2.75) is 19.6 Å². The Labute approximate surface area is 75.4 Å². The molecule has 0 bridgehead atoms. The number of rotatable bonds is 7. The van der Waals surface area contributed by atoms with E-state index >= 15 is 0 Å². The lowest BCUT2D eigenvalue weighted by atomic mass is 10.3. The number of hydrogen-bond acceptors (Lipinski definition) is 7. The van der Waals surface area contributed by atoms with Crippen molar-refractivity contribution in [2.75, 3.05) is 19.6 Å². The molecule has 0 heterocycles. The van der Waals surface area contributed by atoms with Crippen molar-refractivity contribution in [3.63, 3.8) is 0 Å². The maximum atomic E-state index is 10.4. The van der Waals surface area contributed by atoms with Crippen molar-refractivity contribution < 1.29 is 0 Å². The molecule has 7 nitrogen and oxygen atoms in total. The zero-order valence-corrected chi connectivity index (χ0v) is 7.63. The number of nitrogens with zero attached hydrogens (tertiary/aromatic N) is 4. The van der Waals surface area contributed by atoms with Crippen LogP contribution in [0.15, 0.2) is 15.5 Å². The molecule has 0 rings (SSSR count). The standard InChI is InChI=1S/C6H12N4O3/c1-3-10(4-2)6(8-12,9-13)5-7-11/h3-5H2,1-2H3. The molecule has 0 unspecified atom stereocenters. The summed E-state index contributed by atoms with van der Waals surface area (Å²) < 4.78 is 0. The molecule has 7 heteroatoms. The Morgan fingerprint density at radius 1 is 1.08 bits per heavy atom. The van der Waals surface area contributed by atoms with Gasteiger partial charge in [0.2, 0.25) is 0 Å². The van der Waals surface area contributed by atoms with E-state index in [-0.39, 0.29) is 0 Å². The van der Waals surface area contributed by atoms with Gasteiger partial charge < -0.3 is 0 Å². The molecule has 0 radical (unpaired) electrons. The zero-order chi connectivity index (χ0) is 10.3. The molecule has 0 aromatic carbocycles. The molecule has 0 atom stereocenters. The SMILES string of the molecule is CCN(CC)C(CN=O)(N=O)N=O. The van der Waals surface area contributed by atoms with Gasteiger partial charge in [-0.25, -0.2) is 0 Å². The fourth-order valence-corrected chi connectivity index (χ4v) is 1.11. The van der Waals surface area contributed by atoms with Crippen LogP contribution in [-0.4, -0.2) is 30.3 Å². The number of likely N-dealkylation sites (N-methyl/N-ethyl adjacent to an activating group) is 1. The van der Waals surface area contributed by atoms with E-state index in [1.807, 2.05) is 0 Å². The lowest BCUT2D eigenvalue weighted by Crippen LogP contribution is -2.47. The van der Waals surface area contributed by atoms with Gasteiger partial charge in [-0.05, 0) is 23.4 Å². The first-order valence-electron chi connectivity index (χ1n) is 3.93. The molecule has 0 aromatic heterocycles. The van der Waals surface area contributed by atoms with Crippen LogP contribution in [0.4, 0.5) is 0 Å². The third-order valence-electron chi connectivity index (χ3n) is 1.84. The van der Waals surface area contributed by atoms with E-state index in [0.29, 0.717) is 13.1 Å². The predicted octanol–water partition coefficient (Wildman–Crippen LogP) is 1.28. The Bertz CT molecular complexity index is 184. The molecular formula is C6H12N4O3. The molecular weight excluding hydrogens is 176 g/mol. The monoisotopic (exact) mass is 188 g/mol. The van der Waals surface area contributed by atoms with E-state index in [1.165, 1.54) is 4.90 Å². The summed E-state index contributed by atoms with van der Waals surface area (Å²) in [6, 6.07) is 0. The molecule has 74 valence electrons. The Kier molecular flexibility index (Phi) is 4.90. The van der Waals surface area contributed by atoms with Crippen LogP contribution in [-0.2, 0) is 0 Å². The molecule has 0 spiro atoms. The zero-order valence-electron chi connectivity index (χ0n) is 7.63. The Morgan fingerprint density at radius 3 is 1.77 bits per heavy atom. The minimum Gasteiger partial charge on any atom is -0.254 e. The van der Waals surface area contributed by atoms with Gasteiger partial charge in [0.15, 0.2) is 0 Å². The lowest BCUT2D eigenvalue weighted by molar-refractivity contribution is 0.120. The van der Waals surface area contributed by atoms with Gasteiger partial charge in [0, 0.05) is 0 Å². The largest absolute Gasteiger partial charge is 0.309 e. The summed E-state index contributed by atoms with van der Waals surface area (Å²) in [6.45, 7) is 3.74. The lowest BCUT2D eigenvalue weighted by Gasteiger charge is -2.28. The van der Waals surface area contributed by atoms with Crippen LogP contribution in [0, 0.1) is 14.7 Å². The Balaban J connectivity index is 4.79. The smallest absolute Gasteiger partial charge is 0.254 e. The fraction of sp³-hybridized carbons (Fsp3) is 1.00. The Morgan fingerprint density at radius 2 is 1.54 bits per heavy atom. The average molecular weight is 188 g/mol. The number of nitroso groups, excluding NO2 is 3. The van der Waals surface area contributed by atoms with Crippen LogP contribution >= 0.6 is 0 Å². The third kappa shape index (κ3) is 2.35. The van der Waals surface area contributed by atoms with Crippen molar-refractivity contribution in [3.8, 4) is 0 Å². The van der Waals surface area contributed by atoms with Crippen molar-refractivity contribution >= 4 is 0 Å². The predicted molar refractivity (Wildman–Crippen MR) is 47.9 cm³/mol. The van der Waals surface area contributed by atoms with Gasteiger partial charge >= 0.3 is 5.79 Å². The quantitative estimate of drug-likeness (QED) is 0.562. The highest BCUT2D eigenvalue weighted by Crippen LogP contribution is 2.18. The fourth-order valence-electron chi connectivity index (χ4n) is 1.11. The average Bonchev–Trinajstić information content (AvgIpc) is 2.18. The van der Waals surface area contributed by atoms with Crippen molar-refractivity contribution in [2.24, 2.45) is 15.5 Å². The molecule has 0 N–H and O–H groups in total. The van der Waals surface area contributed by atoms with E-state index < -0.39 is 12.3 Å². The summed E-state index contributed by atoms with van der Waals surface area (Å²) in [7, 11) is 0. The highest BCUT2D eigenvalue weighted by molar-refractivity contribution is 4.86. The van der Waals surface area contributed by atoms with Crippen molar-refractivity contribution in [1.82, 2.24) is 4.90 Å². The third-order valence-corrected chi connectivity index (χ3v) is 1.84. The van der Waals surface area contributed by atoms with Gasteiger partial charge in [-0.3, -0.25) is 4.90 Å². The summed E-state index contributed by atoms with van der Waals surface area (Å²) in [5.41, 5.74) is 0. The molecule has 0 fully saturated rings. The number of hydrogen-bond donors (Lipinski definition) is 0. The van der Waals surface area contributed by atoms with Crippen LogP contribution < -0.4 is 0 Å². The highest BCUT2D eigenvalue weighted by atomic mass is 16.3. The van der Waals surface area contributed by atoms with Gasteiger partial charge in [0.05, 0.1) is 0 Å². The van der Waals surface area contributed by atoms with Crippen molar-refractivity contribution in [1.29, 1.82) is 0 Å². The molecule has 0 aliphatic carbocycles. The van der Waals surface area contributed by atoms with Crippen LogP contribution in [0.3, 0.4) is 0 Å². The van der Waals surface area contributed by atoms with Gasteiger partial charge in [-0.2, -0.15) is 4.91 Å². The van der Waals surface area contributed by atoms with Crippen molar-refractivity contribution in [3.05, 3.63) is 14.7 Å². The second-order valence-electron chi connectivity index (χ2n) is 2.42. The molecule has 0 amide bonds. The first kappa shape index (κ1) is 11.8. The molecule has 0 aliphatic rings. The summed E-state index contributed by atoms with van der Waals surface area (Å²) in [4.78, 5) is 32.2. The van der Waals surface area contributed by atoms with E-state index in [4.69, 9.17) is 0 Å². The summed E-state index contributed by atoms with van der Waals surface area (Å²) in [6.07, 6.45) is 0. The van der Waals surface area contributed by atoms with Gasteiger partial charge in [-0.15, -0.1) is 9.81 Å². The molecule has 0 aliphatic heterocycles. The molecule has 0 saturated carbocycles. The highest BCUT2D eigenvalue weighted by Gasteiger charge is 2.39. The molecule has 0 saturated heterocycles. The summed E-state index contributed by atoms with van der Waals surface area (Å²) in [5.74, 6) is -1.86. The first-order valence-corrected chi connectivity index (χ1v) is 3.93. The molecule has 0 aromatic rings. The minimum absolute atomic E-state index is 0.406. The first-order chi connectivity index (χ1) is 6.20. The van der Waals surface area contributed by atoms with Crippen LogP contribution in [0.25, 0.3) is 0 Å². The normalized spacial score (nSPS) is 11.3. The maximum absolute atomic E-state index is 10.4. The topological polar surface area (TPSA) is 91.5 Å². The van der Waals surface area contributed by atoms with Gasteiger partial charge in [-0.1, -0.05) is 19.0 Å². The van der Waals surface area contributed by atoms with Crippen LogP contribution in [0.1, 0.15) is 13.8 Å². The van der Waals surface area contributed by atoms with E-state index in [2.05, 4.69) is 15.5 Å². The Hall–Kier alpha value is -1.24. The van der Waals surface area contributed by atoms with E-state index in [9.17, 15) is 14.7 Å². The van der Waals surface area contributed by atoms with Gasteiger partial charge in [0.25, 0.3) is 0 Å². The minimum atomic E-state index is -1.86. The van der Waals surface area contributed by atoms with Crippen LogP contribution in [0.5, 0.6) is 0 Å². The second kappa shape index (κ2) is 5.41. The van der Waals surface area contributed by atoms with E-state index in [0.717, 1.165) is 0 Å². The summed E-state index contributed by atoms with van der Waals surface area (Å²) in [5, 5.41) is 7.63. The summed E-state index contributed by atoms with van der Waals surface area (Å²) >= 11 is 0. The van der Waals surface area contributed by atoms with Crippen LogP contribution in [0.2, 0.25) is 0 Å². The second-order valence-corrected chi connectivity index (χ2v) is 2.42. The van der Waals surface area contributed by atoms with Gasteiger partial charge in [0.1, 0.15) is 6.54 Å². The molecule has 13 heavy (non-hydrogen) atoms. The van der Waals surface area contributed by atoms with E-state index in [1.54, 1.807) is 13.8 Å². The maximum Gasteiger partial charge on any atom is 0.309 e.